The van der Waals surface area contributed by atoms with E-state index in [1.165, 1.54) is 76.3 Å². The SMILES string of the molecule is CC(C)c1c(-c2cn(C)c3ncccc23)[nH]c2sc(C3CCN(C4CCOCC4)CC3)nc12. The molecule has 4 aromatic rings. The fourth-order valence-electron chi connectivity index (χ4n) is 5.83. The summed E-state index contributed by atoms with van der Waals surface area (Å²) in [6, 6.07) is 4.91. The minimum atomic E-state index is 0.394. The second kappa shape index (κ2) is 8.53. The molecule has 0 atom stereocenters. The minimum absolute atomic E-state index is 0.394. The number of hydrogen-bond acceptors (Lipinski definition) is 5. The standard InChI is InChI=1S/C26H33N5OS/c1-16(2)21-22(20-15-30(3)24-19(20)5-4-10-27-24)28-26-23(21)29-25(33-26)17-6-11-31(12-7-17)18-8-13-32-14-9-18/h4-5,10,15-18,28H,6-9,11-14H2,1-3H3. The summed E-state index contributed by atoms with van der Waals surface area (Å²) in [6.45, 7) is 8.79. The number of nitrogens with one attached hydrogen (secondary N) is 1. The fourth-order valence-corrected chi connectivity index (χ4v) is 6.98. The molecule has 6 nitrogen and oxygen atoms in total. The number of likely N-dealkylation sites (tertiary alicyclic amines) is 1. The van der Waals surface area contributed by atoms with Crippen molar-refractivity contribution < 1.29 is 4.74 Å². The Morgan fingerprint density at radius 1 is 1.15 bits per heavy atom. The molecule has 0 bridgehead atoms. The van der Waals surface area contributed by atoms with Crippen molar-refractivity contribution in [2.75, 3.05) is 26.3 Å². The van der Waals surface area contributed by atoms with E-state index in [0.29, 0.717) is 11.8 Å². The molecular formula is C26H33N5OS. The van der Waals surface area contributed by atoms with Gasteiger partial charge in [0.2, 0.25) is 0 Å². The summed E-state index contributed by atoms with van der Waals surface area (Å²) < 4.78 is 7.68. The summed E-state index contributed by atoms with van der Waals surface area (Å²) in [7, 11) is 2.07. The van der Waals surface area contributed by atoms with Crippen LogP contribution in [0.4, 0.5) is 0 Å². The van der Waals surface area contributed by atoms with Gasteiger partial charge in [-0.25, -0.2) is 9.97 Å². The Hall–Kier alpha value is -2.22. The number of hydrogen-bond donors (Lipinski definition) is 1. The van der Waals surface area contributed by atoms with E-state index in [2.05, 4.69) is 52.6 Å². The molecule has 2 aliphatic rings. The third-order valence-electron chi connectivity index (χ3n) is 7.57. The summed E-state index contributed by atoms with van der Waals surface area (Å²) in [5.41, 5.74) is 5.96. The fraction of sp³-hybridized carbons (Fsp3) is 0.538. The number of aryl methyl sites for hydroxylation is 1. The van der Waals surface area contributed by atoms with Gasteiger partial charge in [-0.15, -0.1) is 11.3 Å². The van der Waals surface area contributed by atoms with Gasteiger partial charge < -0.3 is 19.2 Å². The minimum Gasteiger partial charge on any atom is -0.381 e. The average Bonchev–Trinajstić information content (AvgIpc) is 3.50. The lowest BCUT2D eigenvalue weighted by molar-refractivity contribution is 0.0252. The number of aromatic amines is 1. The number of H-pyrrole nitrogens is 1. The van der Waals surface area contributed by atoms with Crippen LogP contribution in [0.25, 0.3) is 32.6 Å². The lowest BCUT2D eigenvalue weighted by Gasteiger charge is -2.38. The van der Waals surface area contributed by atoms with Gasteiger partial charge in [0.25, 0.3) is 0 Å². The highest BCUT2D eigenvalue weighted by atomic mass is 32.1. The lowest BCUT2D eigenvalue weighted by Crippen LogP contribution is -2.43. The van der Waals surface area contributed by atoms with Crippen molar-refractivity contribution in [3.05, 3.63) is 35.1 Å². The number of ether oxygens (including phenoxy) is 1. The van der Waals surface area contributed by atoms with Crippen LogP contribution in [0.5, 0.6) is 0 Å². The summed E-state index contributed by atoms with van der Waals surface area (Å²) in [5.74, 6) is 0.975. The number of thiazole rings is 1. The predicted molar refractivity (Wildman–Crippen MR) is 135 cm³/mol. The van der Waals surface area contributed by atoms with Gasteiger partial charge >= 0.3 is 0 Å². The second-order valence-corrected chi connectivity index (χ2v) is 11.0. The molecule has 2 aliphatic heterocycles. The first-order valence-electron chi connectivity index (χ1n) is 12.3. The van der Waals surface area contributed by atoms with Crippen LogP contribution in [-0.4, -0.2) is 56.8 Å². The molecule has 0 radical (unpaired) electrons. The monoisotopic (exact) mass is 463 g/mol. The number of pyridine rings is 1. The van der Waals surface area contributed by atoms with Gasteiger partial charge in [0.1, 0.15) is 16.0 Å². The summed E-state index contributed by atoms with van der Waals surface area (Å²) >= 11 is 1.87. The van der Waals surface area contributed by atoms with Crippen molar-refractivity contribution in [2.24, 2.45) is 7.05 Å². The summed E-state index contributed by atoms with van der Waals surface area (Å²) in [5, 5.41) is 2.51. The van der Waals surface area contributed by atoms with E-state index in [0.717, 1.165) is 24.9 Å². The maximum atomic E-state index is 5.56. The zero-order chi connectivity index (χ0) is 22.5. The van der Waals surface area contributed by atoms with Crippen LogP contribution < -0.4 is 0 Å². The smallest absolute Gasteiger partial charge is 0.140 e. The Bertz CT molecular complexity index is 1270. The first-order chi connectivity index (χ1) is 16.1. The number of fused-ring (bicyclic) bond motifs is 2. The third-order valence-corrected chi connectivity index (χ3v) is 8.71. The second-order valence-electron chi connectivity index (χ2n) is 9.98. The van der Waals surface area contributed by atoms with Crippen molar-refractivity contribution in [2.45, 2.75) is 57.4 Å². The maximum Gasteiger partial charge on any atom is 0.140 e. The van der Waals surface area contributed by atoms with Crippen molar-refractivity contribution >= 4 is 32.7 Å². The summed E-state index contributed by atoms with van der Waals surface area (Å²) in [6.07, 6.45) is 8.87. The highest BCUT2D eigenvalue weighted by Crippen LogP contribution is 2.42. The molecule has 4 aromatic heterocycles. The highest BCUT2D eigenvalue weighted by Gasteiger charge is 2.30. The molecule has 33 heavy (non-hydrogen) atoms. The average molecular weight is 464 g/mol. The molecular weight excluding hydrogens is 430 g/mol. The molecule has 0 amide bonds. The molecule has 0 spiro atoms. The van der Waals surface area contributed by atoms with Crippen molar-refractivity contribution in [3.63, 3.8) is 0 Å². The maximum absolute atomic E-state index is 5.56. The number of rotatable bonds is 4. The Labute approximate surface area is 199 Å². The van der Waals surface area contributed by atoms with Gasteiger partial charge in [-0.2, -0.15) is 0 Å². The first kappa shape index (κ1) is 21.3. The number of piperidine rings is 1. The van der Waals surface area contributed by atoms with E-state index >= 15 is 0 Å². The van der Waals surface area contributed by atoms with E-state index in [4.69, 9.17) is 9.72 Å². The Morgan fingerprint density at radius 3 is 2.70 bits per heavy atom. The molecule has 174 valence electrons. The van der Waals surface area contributed by atoms with Crippen LogP contribution in [0, 0.1) is 0 Å². The highest BCUT2D eigenvalue weighted by molar-refractivity contribution is 7.18. The van der Waals surface area contributed by atoms with Gasteiger partial charge in [0.05, 0.1) is 10.7 Å². The first-order valence-corrected chi connectivity index (χ1v) is 13.2. The number of nitrogens with zero attached hydrogens (tertiary/aromatic N) is 4. The van der Waals surface area contributed by atoms with Gasteiger partial charge in [-0.05, 0) is 56.8 Å². The third kappa shape index (κ3) is 3.70. The quantitative estimate of drug-likeness (QED) is 0.424. The molecule has 0 saturated carbocycles. The zero-order valence-electron chi connectivity index (χ0n) is 19.8. The molecule has 0 aromatic carbocycles. The van der Waals surface area contributed by atoms with Gasteiger partial charge in [0.15, 0.2) is 0 Å². The van der Waals surface area contributed by atoms with E-state index in [9.17, 15) is 0 Å². The molecule has 6 rings (SSSR count). The van der Waals surface area contributed by atoms with Gasteiger partial charge in [-0.1, -0.05) is 13.8 Å². The zero-order valence-corrected chi connectivity index (χ0v) is 20.6. The van der Waals surface area contributed by atoms with E-state index in [1.807, 2.05) is 23.6 Å². The normalized spacial score (nSPS) is 19.4. The van der Waals surface area contributed by atoms with Crippen LogP contribution >= 0.6 is 11.3 Å². The molecule has 1 N–H and O–H groups in total. The summed E-state index contributed by atoms with van der Waals surface area (Å²) in [4.78, 5) is 17.5. The van der Waals surface area contributed by atoms with Crippen LogP contribution in [0.1, 0.15) is 61.9 Å². The molecule has 6 heterocycles. The molecule has 0 unspecified atom stereocenters. The predicted octanol–water partition coefficient (Wildman–Crippen LogP) is 5.66. The largest absolute Gasteiger partial charge is 0.381 e. The van der Waals surface area contributed by atoms with Crippen LogP contribution in [-0.2, 0) is 11.8 Å². The van der Waals surface area contributed by atoms with Gasteiger partial charge in [-0.3, -0.25) is 0 Å². The van der Waals surface area contributed by atoms with Gasteiger partial charge in [0, 0.05) is 61.1 Å². The molecule has 7 heteroatoms. The molecule has 0 aliphatic carbocycles. The molecule has 2 saturated heterocycles. The van der Waals surface area contributed by atoms with Crippen molar-refractivity contribution in [3.8, 4) is 11.3 Å². The Morgan fingerprint density at radius 2 is 1.94 bits per heavy atom. The van der Waals surface area contributed by atoms with E-state index < -0.39 is 0 Å². The topological polar surface area (TPSA) is 59.0 Å². The number of aromatic nitrogens is 4. The Balaban J connectivity index is 1.30. The van der Waals surface area contributed by atoms with Crippen molar-refractivity contribution in [1.82, 2.24) is 24.4 Å². The van der Waals surface area contributed by atoms with Crippen LogP contribution in [0.15, 0.2) is 24.5 Å². The van der Waals surface area contributed by atoms with Crippen LogP contribution in [0.2, 0.25) is 0 Å². The van der Waals surface area contributed by atoms with E-state index in [1.54, 1.807) is 0 Å². The molecule has 2 fully saturated rings. The van der Waals surface area contributed by atoms with Crippen molar-refractivity contribution in [1.29, 1.82) is 0 Å². The van der Waals surface area contributed by atoms with E-state index in [-0.39, 0.29) is 0 Å². The van der Waals surface area contributed by atoms with Crippen LogP contribution in [0.3, 0.4) is 0 Å². The Kier molecular flexibility index (Phi) is 5.51. The lowest BCUT2D eigenvalue weighted by atomic mass is 9.94.